The van der Waals surface area contributed by atoms with Crippen molar-refractivity contribution in [2.24, 2.45) is 11.7 Å². The summed E-state index contributed by atoms with van der Waals surface area (Å²) in [6.07, 6.45) is 1.52. The van der Waals surface area contributed by atoms with Crippen molar-refractivity contribution in [2.75, 3.05) is 0 Å². The van der Waals surface area contributed by atoms with Crippen molar-refractivity contribution in [3.63, 3.8) is 0 Å². The lowest BCUT2D eigenvalue weighted by Gasteiger charge is -2.22. The van der Waals surface area contributed by atoms with Gasteiger partial charge in [-0.05, 0) is 18.9 Å². The fourth-order valence-corrected chi connectivity index (χ4v) is 2.59. The van der Waals surface area contributed by atoms with Gasteiger partial charge in [0.15, 0.2) is 5.65 Å². The van der Waals surface area contributed by atoms with E-state index in [-0.39, 0.29) is 11.3 Å². The standard InChI is InChI=1S/C13H16Cl2N4O/c1-6(2)10(11(16)20)19-12(7(3)14)18-9-4-8(15)5-17-13(9)19/h4-7,10H,1-3H3,(H2,16,20). The summed E-state index contributed by atoms with van der Waals surface area (Å²) in [4.78, 5) is 20.5. The summed E-state index contributed by atoms with van der Waals surface area (Å²) in [5.74, 6) is 0.125. The van der Waals surface area contributed by atoms with Crippen molar-refractivity contribution in [1.29, 1.82) is 0 Å². The molecule has 20 heavy (non-hydrogen) atoms. The lowest BCUT2D eigenvalue weighted by Crippen LogP contribution is -2.31. The first-order valence-corrected chi connectivity index (χ1v) is 7.11. The highest BCUT2D eigenvalue weighted by Crippen LogP contribution is 2.31. The van der Waals surface area contributed by atoms with Crippen LogP contribution in [0.1, 0.15) is 38.0 Å². The number of carbonyl (C=O) groups is 1. The van der Waals surface area contributed by atoms with E-state index in [2.05, 4.69) is 9.97 Å². The monoisotopic (exact) mass is 314 g/mol. The number of hydrogen-bond donors (Lipinski definition) is 1. The van der Waals surface area contributed by atoms with Crippen LogP contribution in [0.2, 0.25) is 5.02 Å². The second kappa shape index (κ2) is 5.58. The molecule has 7 heteroatoms. The lowest BCUT2D eigenvalue weighted by atomic mass is 10.0. The number of primary amides is 1. The number of pyridine rings is 1. The molecular weight excluding hydrogens is 299 g/mol. The number of carbonyl (C=O) groups excluding carboxylic acids is 1. The predicted octanol–water partition coefficient (Wildman–Crippen LogP) is 3.07. The Morgan fingerprint density at radius 3 is 2.55 bits per heavy atom. The van der Waals surface area contributed by atoms with Crippen LogP contribution in [0, 0.1) is 5.92 Å². The molecule has 2 aromatic heterocycles. The Balaban J connectivity index is 2.77. The average molecular weight is 315 g/mol. The summed E-state index contributed by atoms with van der Waals surface area (Å²) in [7, 11) is 0. The van der Waals surface area contributed by atoms with E-state index in [1.165, 1.54) is 6.20 Å². The lowest BCUT2D eigenvalue weighted by molar-refractivity contribution is -0.122. The van der Waals surface area contributed by atoms with Crippen molar-refractivity contribution < 1.29 is 4.79 Å². The van der Waals surface area contributed by atoms with E-state index in [1.54, 1.807) is 17.6 Å². The van der Waals surface area contributed by atoms with Crippen molar-refractivity contribution in [2.45, 2.75) is 32.2 Å². The summed E-state index contributed by atoms with van der Waals surface area (Å²) in [5, 5.41) is 0.111. The smallest absolute Gasteiger partial charge is 0.240 e. The summed E-state index contributed by atoms with van der Waals surface area (Å²) < 4.78 is 1.72. The van der Waals surface area contributed by atoms with Crippen molar-refractivity contribution >= 4 is 40.3 Å². The molecule has 2 unspecified atom stereocenters. The van der Waals surface area contributed by atoms with Gasteiger partial charge in [0.05, 0.1) is 10.4 Å². The normalized spacial score (nSPS) is 14.7. The van der Waals surface area contributed by atoms with E-state index in [0.717, 1.165) is 0 Å². The number of fused-ring (bicyclic) bond motifs is 1. The molecule has 0 fully saturated rings. The molecule has 0 aliphatic carbocycles. The van der Waals surface area contributed by atoms with Crippen LogP contribution in [0.4, 0.5) is 0 Å². The minimum atomic E-state index is -0.551. The van der Waals surface area contributed by atoms with E-state index in [9.17, 15) is 4.79 Å². The van der Waals surface area contributed by atoms with Crippen molar-refractivity contribution in [1.82, 2.24) is 14.5 Å². The highest BCUT2D eigenvalue weighted by Gasteiger charge is 2.28. The molecule has 0 aliphatic heterocycles. The van der Waals surface area contributed by atoms with Crippen LogP contribution in [0.15, 0.2) is 12.3 Å². The van der Waals surface area contributed by atoms with Gasteiger partial charge in [0.1, 0.15) is 17.4 Å². The maximum absolute atomic E-state index is 11.8. The zero-order chi connectivity index (χ0) is 15.0. The van der Waals surface area contributed by atoms with Crippen LogP contribution in [-0.2, 0) is 4.79 Å². The van der Waals surface area contributed by atoms with Crippen molar-refractivity contribution in [3.8, 4) is 0 Å². The number of rotatable bonds is 4. The summed E-state index contributed by atoms with van der Waals surface area (Å²) >= 11 is 12.1. The van der Waals surface area contributed by atoms with Gasteiger partial charge in [0.2, 0.25) is 5.91 Å². The molecule has 5 nitrogen and oxygen atoms in total. The van der Waals surface area contributed by atoms with Crippen LogP contribution in [0.5, 0.6) is 0 Å². The van der Waals surface area contributed by atoms with Gasteiger partial charge in [0.25, 0.3) is 0 Å². The Hall–Kier alpha value is -1.33. The third kappa shape index (κ3) is 2.60. The maximum atomic E-state index is 11.8. The van der Waals surface area contributed by atoms with Gasteiger partial charge in [-0.3, -0.25) is 9.36 Å². The van der Waals surface area contributed by atoms with E-state index in [4.69, 9.17) is 28.9 Å². The average Bonchev–Trinajstić information content (AvgIpc) is 2.67. The first-order chi connectivity index (χ1) is 9.32. The Morgan fingerprint density at radius 1 is 1.40 bits per heavy atom. The number of imidazole rings is 1. The molecule has 2 aromatic rings. The predicted molar refractivity (Wildman–Crippen MR) is 79.9 cm³/mol. The zero-order valence-corrected chi connectivity index (χ0v) is 13.0. The Kier molecular flexibility index (Phi) is 4.20. The highest BCUT2D eigenvalue weighted by molar-refractivity contribution is 6.31. The maximum Gasteiger partial charge on any atom is 0.240 e. The van der Waals surface area contributed by atoms with Gasteiger partial charge in [-0.2, -0.15) is 0 Å². The van der Waals surface area contributed by atoms with E-state index < -0.39 is 11.9 Å². The molecule has 2 rings (SSSR count). The molecule has 2 heterocycles. The van der Waals surface area contributed by atoms with Gasteiger partial charge in [-0.25, -0.2) is 9.97 Å². The number of aromatic nitrogens is 3. The number of hydrogen-bond acceptors (Lipinski definition) is 3. The molecule has 0 saturated carbocycles. The Labute approximate surface area is 127 Å². The highest BCUT2D eigenvalue weighted by atomic mass is 35.5. The summed E-state index contributed by atoms with van der Waals surface area (Å²) in [5.41, 5.74) is 6.70. The molecule has 0 spiro atoms. The minimum Gasteiger partial charge on any atom is -0.368 e. The van der Waals surface area contributed by atoms with E-state index in [0.29, 0.717) is 22.0 Å². The minimum absolute atomic E-state index is 0.00320. The SMILES string of the molecule is CC(Cl)c1nc2cc(Cl)cnc2n1C(C(N)=O)C(C)C. The third-order valence-electron chi connectivity index (χ3n) is 3.08. The molecule has 0 aliphatic rings. The number of alkyl halides is 1. The third-order valence-corrected chi connectivity index (χ3v) is 3.48. The second-order valence-corrected chi connectivity index (χ2v) is 6.13. The summed E-state index contributed by atoms with van der Waals surface area (Å²) in [6, 6.07) is 1.14. The van der Waals surface area contributed by atoms with Crippen LogP contribution in [0.3, 0.4) is 0 Å². The molecule has 2 N–H and O–H groups in total. The number of halogens is 2. The van der Waals surface area contributed by atoms with Gasteiger partial charge < -0.3 is 5.73 Å². The Morgan fingerprint density at radius 2 is 2.05 bits per heavy atom. The van der Waals surface area contributed by atoms with Crippen LogP contribution in [-0.4, -0.2) is 20.4 Å². The fraction of sp³-hybridized carbons (Fsp3) is 0.462. The zero-order valence-electron chi connectivity index (χ0n) is 11.5. The molecule has 0 aromatic carbocycles. The quantitative estimate of drug-likeness (QED) is 0.881. The fourth-order valence-electron chi connectivity index (χ4n) is 2.28. The molecule has 1 amide bonds. The van der Waals surface area contributed by atoms with E-state index >= 15 is 0 Å². The van der Waals surface area contributed by atoms with Gasteiger partial charge in [-0.15, -0.1) is 11.6 Å². The molecule has 0 saturated heterocycles. The van der Waals surface area contributed by atoms with Crippen molar-refractivity contribution in [3.05, 3.63) is 23.1 Å². The number of nitrogens with zero attached hydrogens (tertiary/aromatic N) is 3. The number of nitrogens with two attached hydrogens (primary N) is 1. The van der Waals surface area contributed by atoms with Gasteiger partial charge in [0, 0.05) is 6.20 Å². The molecule has 2 atom stereocenters. The number of amides is 1. The molecule has 0 bridgehead atoms. The first kappa shape index (κ1) is 15.1. The molecule has 0 radical (unpaired) electrons. The van der Waals surface area contributed by atoms with Crippen LogP contribution < -0.4 is 5.73 Å². The first-order valence-electron chi connectivity index (χ1n) is 6.29. The molecular formula is C13H16Cl2N4O. The topological polar surface area (TPSA) is 73.8 Å². The summed E-state index contributed by atoms with van der Waals surface area (Å²) in [6.45, 7) is 5.62. The van der Waals surface area contributed by atoms with Crippen LogP contribution >= 0.6 is 23.2 Å². The van der Waals surface area contributed by atoms with E-state index in [1.807, 2.05) is 13.8 Å². The second-order valence-electron chi connectivity index (χ2n) is 5.04. The van der Waals surface area contributed by atoms with Gasteiger partial charge >= 0.3 is 0 Å². The van der Waals surface area contributed by atoms with Gasteiger partial charge in [-0.1, -0.05) is 25.4 Å². The van der Waals surface area contributed by atoms with Crippen LogP contribution in [0.25, 0.3) is 11.2 Å². The Bertz CT molecular complexity index is 651. The molecule has 108 valence electrons. The largest absolute Gasteiger partial charge is 0.368 e.